The van der Waals surface area contributed by atoms with E-state index in [0.29, 0.717) is 24.4 Å². The van der Waals surface area contributed by atoms with Gasteiger partial charge in [0.2, 0.25) is 0 Å². The van der Waals surface area contributed by atoms with Crippen molar-refractivity contribution in [1.82, 2.24) is 0 Å². The summed E-state index contributed by atoms with van der Waals surface area (Å²) in [6.07, 6.45) is 0. The predicted molar refractivity (Wildman–Crippen MR) is 116 cm³/mol. The van der Waals surface area contributed by atoms with E-state index in [1.807, 2.05) is 24.3 Å². The fourth-order valence-corrected chi connectivity index (χ4v) is 3.27. The quantitative estimate of drug-likeness (QED) is 0.374. The highest BCUT2D eigenvalue weighted by atomic mass is 16.5. The van der Waals surface area contributed by atoms with E-state index in [1.165, 1.54) is 0 Å². The summed E-state index contributed by atoms with van der Waals surface area (Å²) in [6, 6.07) is 31.4. The SMILES string of the molecule is O=COc1ccc(-c2ccc(-c3ccc(-c4ccc(OC=O)cc4)cc3)cc2)cc1. The lowest BCUT2D eigenvalue weighted by atomic mass is 9.98. The molecule has 0 amide bonds. The molecule has 4 heteroatoms. The zero-order valence-electron chi connectivity index (χ0n) is 16.0. The van der Waals surface area contributed by atoms with E-state index in [2.05, 4.69) is 48.5 Å². The lowest BCUT2D eigenvalue weighted by molar-refractivity contribution is -0.121. The number of benzene rings is 4. The Balaban J connectivity index is 1.50. The van der Waals surface area contributed by atoms with Crippen LogP contribution in [0.2, 0.25) is 0 Å². The molecule has 0 radical (unpaired) electrons. The van der Waals surface area contributed by atoms with Crippen LogP contribution in [0.5, 0.6) is 11.5 Å². The molecule has 0 heterocycles. The third-order valence-electron chi connectivity index (χ3n) is 4.85. The summed E-state index contributed by atoms with van der Waals surface area (Å²) < 4.78 is 9.66. The molecule has 0 spiro atoms. The van der Waals surface area contributed by atoms with Gasteiger partial charge in [0.1, 0.15) is 11.5 Å². The zero-order chi connectivity index (χ0) is 20.8. The number of carbonyl (C=O) groups excluding carboxylic acids is 2. The smallest absolute Gasteiger partial charge is 0.298 e. The van der Waals surface area contributed by atoms with E-state index in [1.54, 1.807) is 24.3 Å². The van der Waals surface area contributed by atoms with Crippen LogP contribution in [0.4, 0.5) is 0 Å². The second kappa shape index (κ2) is 8.88. The predicted octanol–water partition coefficient (Wildman–Crippen LogP) is 5.76. The van der Waals surface area contributed by atoms with Gasteiger partial charge in [-0.25, -0.2) is 0 Å². The molecule has 0 saturated heterocycles. The third kappa shape index (κ3) is 4.28. The molecule has 4 nitrogen and oxygen atoms in total. The van der Waals surface area contributed by atoms with Crippen molar-refractivity contribution < 1.29 is 19.1 Å². The molecule has 0 aliphatic heterocycles. The number of hydrogen-bond acceptors (Lipinski definition) is 4. The highest BCUT2D eigenvalue weighted by Gasteiger charge is 2.03. The Morgan fingerprint density at radius 2 is 0.567 bits per heavy atom. The van der Waals surface area contributed by atoms with Crippen LogP contribution >= 0.6 is 0 Å². The van der Waals surface area contributed by atoms with E-state index < -0.39 is 0 Å². The molecule has 0 atom stereocenters. The van der Waals surface area contributed by atoms with Crippen molar-refractivity contribution in [1.29, 1.82) is 0 Å². The summed E-state index contributed by atoms with van der Waals surface area (Å²) in [7, 11) is 0. The fraction of sp³-hybridized carbons (Fsp3) is 0. The molecule has 0 saturated carbocycles. The molecule has 0 aliphatic carbocycles. The molecule has 0 aliphatic rings. The van der Waals surface area contributed by atoms with Gasteiger partial charge in [-0.2, -0.15) is 0 Å². The van der Waals surface area contributed by atoms with Crippen molar-refractivity contribution in [2.75, 3.05) is 0 Å². The van der Waals surface area contributed by atoms with Crippen LogP contribution in [-0.2, 0) is 9.59 Å². The van der Waals surface area contributed by atoms with Gasteiger partial charge >= 0.3 is 0 Å². The average molecular weight is 394 g/mol. The van der Waals surface area contributed by atoms with Gasteiger partial charge in [-0.15, -0.1) is 0 Å². The Labute approximate surface area is 174 Å². The van der Waals surface area contributed by atoms with Crippen LogP contribution in [0.25, 0.3) is 33.4 Å². The maximum Gasteiger partial charge on any atom is 0.298 e. The van der Waals surface area contributed by atoms with Crippen LogP contribution in [0.3, 0.4) is 0 Å². The second-order valence-electron chi connectivity index (χ2n) is 6.63. The van der Waals surface area contributed by atoms with Gasteiger partial charge in [0.15, 0.2) is 0 Å². The number of rotatable bonds is 7. The molecule has 0 aromatic heterocycles. The lowest BCUT2D eigenvalue weighted by Crippen LogP contribution is -1.88. The Hall–Kier alpha value is -4.18. The minimum absolute atomic E-state index is 0.423. The number of carbonyl (C=O) groups is 2. The normalized spacial score (nSPS) is 10.3. The first kappa shape index (κ1) is 19.2. The van der Waals surface area contributed by atoms with Crippen molar-refractivity contribution in [2.45, 2.75) is 0 Å². The van der Waals surface area contributed by atoms with E-state index in [0.717, 1.165) is 33.4 Å². The monoisotopic (exact) mass is 394 g/mol. The summed E-state index contributed by atoms with van der Waals surface area (Å²) in [4.78, 5) is 20.8. The van der Waals surface area contributed by atoms with Crippen LogP contribution in [0, 0.1) is 0 Å². The van der Waals surface area contributed by atoms with Gasteiger partial charge in [-0.05, 0) is 57.6 Å². The molecule has 4 aromatic rings. The molecular formula is C26H18O4. The van der Waals surface area contributed by atoms with Crippen molar-refractivity contribution in [3.05, 3.63) is 97.1 Å². The van der Waals surface area contributed by atoms with Crippen LogP contribution in [-0.4, -0.2) is 12.9 Å². The van der Waals surface area contributed by atoms with E-state index >= 15 is 0 Å². The molecule has 4 rings (SSSR count). The van der Waals surface area contributed by atoms with Gasteiger partial charge in [-0.1, -0.05) is 72.8 Å². The van der Waals surface area contributed by atoms with Crippen molar-refractivity contribution in [3.63, 3.8) is 0 Å². The molecule has 30 heavy (non-hydrogen) atoms. The van der Waals surface area contributed by atoms with Gasteiger partial charge in [-0.3, -0.25) is 9.59 Å². The Morgan fingerprint density at radius 1 is 0.367 bits per heavy atom. The summed E-state index contributed by atoms with van der Waals surface area (Å²) in [5.41, 5.74) is 6.53. The topological polar surface area (TPSA) is 52.6 Å². The summed E-state index contributed by atoms with van der Waals surface area (Å²) in [6.45, 7) is 0.846. The van der Waals surface area contributed by atoms with Gasteiger partial charge in [0, 0.05) is 0 Å². The van der Waals surface area contributed by atoms with Crippen molar-refractivity contribution >= 4 is 12.9 Å². The van der Waals surface area contributed by atoms with Gasteiger partial charge in [0.25, 0.3) is 12.9 Å². The Bertz CT molecular complexity index is 1030. The number of ether oxygens (including phenoxy) is 2. The molecule has 0 bridgehead atoms. The zero-order valence-corrected chi connectivity index (χ0v) is 16.0. The fourth-order valence-electron chi connectivity index (χ4n) is 3.27. The molecular weight excluding hydrogens is 376 g/mol. The van der Waals surface area contributed by atoms with Crippen LogP contribution < -0.4 is 9.47 Å². The summed E-state index contributed by atoms with van der Waals surface area (Å²) in [5.74, 6) is 1.05. The van der Waals surface area contributed by atoms with Crippen LogP contribution in [0.15, 0.2) is 97.1 Å². The Morgan fingerprint density at radius 3 is 0.767 bits per heavy atom. The van der Waals surface area contributed by atoms with E-state index in [9.17, 15) is 9.59 Å². The minimum atomic E-state index is 0.423. The molecule has 0 N–H and O–H groups in total. The lowest BCUT2D eigenvalue weighted by Gasteiger charge is -2.08. The Kier molecular flexibility index (Phi) is 5.67. The molecule has 146 valence electrons. The number of hydrogen-bond donors (Lipinski definition) is 0. The van der Waals surface area contributed by atoms with Crippen molar-refractivity contribution in [2.24, 2.45) is 0 Å². The molecule has 0 fully saturated rings. The summed E-state index contributed by atoms with van der Waals surface area (Å²) >= 11 is 0. The highest BCUT2D eigenvalue weighted by Crippen LogP contribution is 2.29. The first-order valence-electron chi connectivity index (χ1n) is 9.39. The van der Waals surface area contributed by atoms with Crippen LogP contribution in [0.1, 0.15) is 0 Å². The maximum absolute atomic E-state index is 10.4. The van der Waals surface area contributed by atoms with E-state index in [4.69, 9.17) is 9.47 Å². The van der Waals surface area contributed by atoms with Gasteiger partial charge < -0.3 is 9.47 Å². The van der Waals surface area contributed by atoms with E-state index in [-0.39, 0.29) is 0 Å². The highest BCUT2D eigenvalue weighted by molar-refractivity contribution is 5.73. The first-order valence-corrected chi connectivity index (χ1v) is 9.39. The second-order valence-corrected chi connectivity index (χ2v) is 6.63. The summed E-state index contributed by atoms with van der Waals surface area (Å²) in [5, 5.41) is 0. The van der Waals surface area contributed by atoms with Crippen molar-refractivity contribution in [3.8, 4) is 44.9 Å². The molecule has 4 aromatic carbocycles. The standard InChI is InChI=1S/C26H18O4/c27-17-29-25-13-9-23(10-14-25)21-5-1-19(2-6-21)20-3-7-22(8-4-20)24-11-15-26(16-12-24)30-18-28/h1-18H. The first-order chi connectivity index (χ1) is 14.8. The maximum atomic E-state index is 10.4. The van der Waals surface area contributed by atoms with Gasteiger partial charge in [0.05, 0.1) is 0 Å². The minimum Gasteiger partial charge on any atom is -0.429 e. The average Bonchev–Trinajstić information content (AvgIpc) is 2.81. The molecule has 0 unspecified atom stereocenters. The third-order valence-corrected chi connectivity index (χ3v) is 4.85. The largest absolute Gasteiger partial charge is 0.429 e.